The maximum Gasteiger partial charge on any atom is 0.248 e. The van der Waals surface area contributed by atoms with Gasteiger partial charge in [0, 0.05) is 45.4 Å². The lowest BCUT2D eigenvalue weighted by molar-refractivity contribution is -0.148. The summed E-state index contributed by atoms with van der Waals surface area (Å²) in [4.78, 5) is 101. The third-order valence-electron chi connectivity index (χ3n) is 14.1. The Morgan fingerprint density at radius 3 is 1.88 bits per heavy atom. The Balaban J connectivity index is 1.64. The number of carbonyl (C=O) groups is 7. The molecule has 0 bridgehead atoms. The highest BCUT2D eigenvalue weighted by atomic mass is 16.5. The molecule has 0 spiro atoms. The number of aliphatic hydroxyl groups is 7. The number of hydrogen-bond acceptors (Lipinski definition) is 16. The van der Waals surface area contributed by atoms with Crippen molar-refractivity contribution < 1.29 is 79.2 Å². The predicted octanol–water partition coefficient (Wildman–Crippen LogP) is -0.676. The maximum absolute atomic E-state index is 14.4. The minimum absolute atomic E-state index is 0.0273. The second-order valence-corrected chi connectivity index (χ2v) is 20.3. The zero-order valence-corrected chi connectivity index (χ0v) is 44.3. The van der Waals surface area contributed by atoms with E-state index in [4.69, 9.17) is 4.74 Å². The van der Waals surface area contributed by atoms with Gasteiger partial charge in [0.05, 0.1) is 24.4 Å². The number of phenols is 1. The number of ether oxygens (including phenoxy) is 1. The van der Waals surface area contributed by atoms with E-state index in [0.717, 1.165) is 69.3 Å². The molecule has 3 aliphatic rings. The van der Waals surface area contributed by atoms with Crippen molar-refractivity contribution in [2.45, 2.75) is 203 Å². The van der Waals surface area contributed by atoms with Crippen molar-refractivity contribution in [3.63, 3.8) is 0 Å². The normalized spacial score (nSPS) is 29.2. The molecule has 3 heterocycles. The molecule has 1 aromatic rings. The van der Waals surface area contributed by atoms with E-state index in [0.29, 0.717) is 12.8 Å². The molecule has 7 amide bonds. The fraction of sp³-hybridized carbons (Fsp3) is 0.679. The summed E-state index contributed by atoms with van der Waals surface area (Å²) in [5.41, 5.74) is -0.0516. The van der Waals surface area contributed by atoms with Gasteiger partial charge in [0.25, 0.3) is 0 Å². The van der Waals surface area contributed by atoms with Gasteiger partial charge < -0.3 is 82.0 Å². The van der Waals surface area contributed by atoms with Gasteiger partial charge in [-0.2, -0.15) is 0 Å². The number of benzene rings is 1. The van der Waals surface area contributed by atoms with Crippen molar-refractivity contribution in [2.24, 2.45) is 5.92 Å². The van der Waals surface area contributed by atoms with Gasteiger partial charge in [0.1, 0.15) is 60.3 Å². The number of phenolic OH excluding ortho intramolecular Hbond substituents is 1. The molecule has 0 saturated carbocycles. The first-order valence-corrected chi connectivity index (χ1v) is 26.6. The predicted molar refractivity (Wildman–Crippen MR) is 276 cm³/mol. The molecule has 13 N–H and O–H groups in total. The van der Waals surface area contributed by atoms with Crippen LogP contribution in [0.1, 0.15) is 129 Å². The van der Waals surface area contributed by atoms with Crippen molar-refractivity contribution in [3.05, 3.63) is 54.1 Å². The largest absolute Gasteiger partial charge is 0.508 e. The lowest BCUT2D eigenvalue weighted by atomic mass is 9.96. The van der Waals surface area contributed by atoms with Crippen LogP contribution in [0.2, 0.25) is 0 Å². The van der Waals surface area contributed by atoms with Crippen LogP contribution in [0.4, 0.5) is 0 Å². The topological polar surface area (TPSA) is 357 Å². The highest BCUT2D eigenvalue weighted by Gasteiger charge is 2.50. The van der Waals surface area contributed by atoms with Gasteiger partial charge in [0.15, 0.2) is 6.23 Å². The van der Waals surface area contributed by atoms with Crippen LogP contribution in [-0.4, -0.2) is 191 Å². The van der Waals surface area contributed by atoms with E-state index in [9.17, 15) is 74.4 Å². The molecule has 0 aliphatic carbocycles. The maximum atomic E-state index is 14.4. The van der Waals surface area contributed by atoms with Gasteiger partial charge in [-0.15, -0.1) is 0 Å². The van der Waals surface area contributed by atoms with Crippen molar-refractivity contribution in [1.82, 2.24) is 36.4 Å². The van der Waals surface area contributed by atoms with Crippen LogP contribution in [0.15, 0.2) is 48.6 Å². The van der Waals surface area contributed by atoms with Crippen molar-refractivity contribution in [1.29, 1.82) is 0 Å². The summed E-state index contributed by atoms with van der Waals surface area (Å²) in [7, 11) is 1.14. The van der Waals surface area contributed by atoms with E-state index >= 15 is 0 Å². The van der Waals surface area contributed by atoms with Crippen LogP contribution in [0, 0.1) is 5.92 Å². The molecule has 15 atom stereocenters. The molecule has 1 unspecified atom stereocenters. The van der Waals surface area contributed by atoms with Crippen molar-refractivity contribution >= 4 is 41.4 Å². The van der Waals surface area contributed by atoms with E-state index in [-0.39, 0.29) is 24.3 Å². The zero-order chi connectivity index (χ0) is 56.2. The summed E-state index contributed by atoms with van der Waals surface area (Å²) in [5, 5.41) is 100. The molecule has 0 aromatic heterocycles. The Hall–Kier alpha value is -5.53. The van der Waals surface area contributed by atoms with Crippen molar-refractivity contribution in [2.75, 3.05) is 20.2 Å². The SMILES string of the molecule is CCCCC/C=C\C/C=C\CCCCCCCC(=O)NC1C[C@@H](OC)[C@@H](O)NC(=O)[C@@H]2[C@@H](O)[C@@H](C)CN2C(=O)[C@H]([C@@H](C)O)NC(=O)[C@H]([C@H](O)[C@@H](O)c2ccc(O)cc2)NC(=O)[C@@H]2C[C@@H](O)CN2C(=O)[C@H]([C@@H](C)O)NC1=O. The van der Waals surface area contributed by atoms with Crippen LogP contribution in [-0.2, 0) is 38.3 Å². The second kappa shape index (κ2) is 31.0. The Kier molecular flexibility index (Phi) is 25.7. The number of allylic oxidation sites excluding steroid dienone is 4. The molecule has 3 saturated heterocycles. The van der Waals surface area contributed by atoms with Crippen LogP contribution >= 0.6 is 0 Å². The molecule has 23 nitrogen and oxygen atoms in total. The standard InChI is InChI=1S/C53H83N7O16/c1-6-7-8-9-10-11-12-13-14-15-16-17-18-19-20-21-39(65)54-36-27-38(76-5)49(71)58-51(73)43-44(66)30(2)28-60(43)53(75)41(32(4)62)56-50(72)42(46(68)45(67)33-22-24-34(63)25-23-33)57-48(70)37-26-35(64)29-59(37)52(74)40(31(3)61)55-47(36)69/h10-11,13-14,22-25,30-32,35-38,40-46,49,61-64,66-68,71H,6-9,12,15-21,26-29H2,1-5H3,(H,54,65)(H,55,69)(H,56,72)(H,57,70)(H,58,73)/b11-10-,14-13-/t30-,31+,32+,35+,36?,37-,38+,40-,41-,42-,43-,44-,45-,46-,49+/m0/s1. The number of carbonyl (C=O) groups excluding carboxylic acids is 7. The lowest BCUT2D eigenvalue weighted by Gasteiger charge is -2.34. The highest BCUT2D eigenvalue weighted by Crippen LogP contribution is 2.28. The number of rotatable bonds is 21. The van der Waals surface area contributed by atoms with Gasteiger partial charge in [0.2, 0.25) is 41.4 Å². The van der Waals surface area contributed by atoms with Crippen LogP contribution in [0.3, 0.4) is 0 Å². The van der Waals surface area contributed by atoms with Gasteiger partial charge in [-0.1, -0.05) is 82.4 Å². The summed E-state index contributed by atoms with van der Waals surface area (Å²) in [6.45, 7) is 5.11. The van der Waals surface area contributed by atoms with Crippen LogP contribution < -0.4 is 26.6 Å². The molecular weight excluding hydrogens is 991 g/mol. The van der Waals surface area contributed by atoms with E-state index in [2.05, 4.69) is 57.8 Å². The minimum Gasteiger partial charge on any atom is -0.508 e. The number of fused-ring (bicyclic) bond motifs is 2. The summed E-state index contributed by atoms with van der Waals surface area (Å²) < 4.78 is 5.51. The Morgan fingerprint density at radius 1 is 0.711 bits per heavy atom. The molecule has 0 radical (unpaired) electrons. The molecule has 426 valence electrons. The molecule has 23 heteroatoms. The average Bonchev–Trinajstić information content (AvgIpc) is 3.92. The molecular formula is C53H83N7O16. The number of aromatic hydroxyl groups is 1. The first-order chi connectivity index (χ1) is 36.1. The lowest BCUT2D eigenvalue weighted by Crippen LogP contribution is -2.64. The van der Waals surface area contributed by atoms with Crippen molar-refractivity contribution in [3.8, 4) is 5.75 Å². The second-order valence-electron chi connectivity index (χ2n) is 20.3. The van der Waals surface area contributed by atoms with Gasteiger partial charge in [-0.25, -0.2) is 0 Å². The summed E-state index contributed by atoms with van der Waals surface area (Å²) >= 11 is 0. The first-order valence-electron chi connectivity index (χ1n) is 26.6. The summed E-state index contributed by atoms with van der Waals surface area (Å²) in [6.07, 6.45) is 3.91. The van der Waals surface area contributed by atoms with E-state index in [1.807, 2.05) is 0 Å². The number of hydrogen-bond donors (Lipinski definition) is 13. The van der Waals surface area contributed by atoms with E-state index in [1.54, 1.807) is 0 Å². The molecule has 3 fully saturated rings. The third-order valence-corrected chi connectivity index (χ3v) is 14.1. The number of unbranched alkanes of at least 4 members (excludes halogenated alkanes) is 8. The van der Waals surface area contributed by atoms with E-state index < -0.39 is 152 Å². The fourth-order valence-corrected chi connectivity index (χ4v) is 9.60. The summed E-state index contributed by atoms with van der Waals surface area (Å²) in [5.74, 6) is -8.59. The Bertz CT molecular complexity index is 2130. The smallest absolute Gasteiger partial charge is 0.248 e. The number of aliphatic hydroxyl groups excluding tert-OH is 7. The van der Waals surface area contributed by atoms with Gasteiger partial charge in [-0.3, -0.25) is 33.6 Å². The van der Waals surface area contributed by atoms with Gasteiger partial charge in [-0.05, 0) is 70.1 Å². The third kappa shape index (κ3) is 18.0. The Labute approximate surface area is 444 Å². The highest BCUT2D eigenvalue weighted by molar-refractivity contribution is 5.98. The van der Waals surface area contributed by atoms with E-state index in [1.165, 1.54) is 50.5 Å². The minimum atomic E-state index is -2.26. The molecule has 1 aromatic carbocycles. The molecule has 76 heavy (non-hydrogen) atoms. The van der Waals surface area contributed by atoms with Crippen LogP contribution in [0.5, 0.6) is 5.75 Å². The monoisotopic (exact) mass is 1070 g/mol. The number of methoxy groups -OCH3 is 1. The van der Waals surface area contributed by atoms with Gasteiger partial charge >= 0.3 is 0 Å². The van der Waals surface area contributed by atoms with Crippen LogP contribution in [0.25, 0.3) is 0 Å². The quantitative estimate of drug-likeness (QED) is 0.0536. The Morgan fingerprint density at radius 2 is 1.28 bits per heavy atom. The first kappa shape index (κ1) is 63.0. The number of nitrogens with one attached hydrogen (secondary N) is 5. The number of nitrogens with zero attached hydrogens (tertiary/aromatic N) is 2. The molecule has 3 aliphatic heterocycles. The fourth-order valence-electron chi connectivity index (χ4n) is 9.60. The zero-order valence-electron chi connectivity index (χ0n) is 44.3. The molecule has 4 rings (SSSR count). The number of amides is 7. The summed E-state index contributed by atoms with van der Waals surface area (Å²) in [6, 6.07) is -6.29. The average molecular weight is 1070 g/mol.